The van der Waals surface area contributed by atoms with Crippen LogP contribution in [0.2, 0.25) is 0 Å². The van der Waals surface area contributed by atoms with Gasteiger partial charge >= 0.3 is 5.97 Å². The quantitative estimate of drug-likeness (QED) is 0.860. The van der Waals surface area contributed by atoms with Crippen molar-refractivity contribution in [3.05, 3.63) is 65.5 Å². The minimum Gasteiger partial charge on any atom is -0.491 e. The summed E-state index contributed by atoms with van der Waals surface area (Å²) in [4.78, 5) is 11.3. The molecule has 1 unspecified atom stereocenters. The third-order valence-electron chi connectivity index (χ3n) is 2.94. The minimum atomic E-state index is -0.856. The molecule has 2 aromatic carbocycles. The van der Waals surface area contributed by atoms with Crippen LogP contribution in [0.4, 0.5) is 4.39 Å². The number of rotatable bonds is 5. The van der Waals surface area contributed by atoms with Gasteiger partial charge in [-0.05, 0) is 42.0 Å². The number of carbonyl (C=O) groups is 1. The van der Waals surface area contributed by atoms with Gasteiger partial charge < -0.3 is 14.6 Å². The van der Waals surface area contributed by atoms with Crippen molar-refractivity contribution in [1.29, 1.82) is 0 Å². The fraction of sp³-hybridized carbons (Fsp3) is 0.188. The first kappa shape index (κ1) is 15.0. The van der Waals surface area contributed by atoms with Gasteiger partial charge in [0.05, 0.1) is 12.7 Å². The van der Waals surface area contributed by atoms with Crippen molar-refractivity contribution in [2.24, 2.45) is 0 Å². The second kappa shape index (κ2) is 6.85. The van der Waals surface area contributed by atoms with Crippen LogP contribution in [-0.2, 0) is 4.74 Å². The van der Waals surface area contributed by atoms with E-state index in [9.17, 15) is 14.3 Å². The molecule has 2 aromatic rings. The van der Waals surface area contributed by atoms with E-state index in [1.165, 1.54) is 31.4 Å². The lowest BCUT2D eigenvalue weighted by molar-refractivity contribution is 0.0600. The van der Waals surface area contributed by atoms with Crippen LogP contribution in [0.25, 0.3) is 0 Å². The summed E-state index contributed by atoms with van der Waals surface area (Å²) in [7, 11) is 1.31. The Morgan fingerprint density at radius 3 is 2.33 bits per heavy atom. The van der Waals surface area contributed by atoms with E-state index in [2.05, 4.69) is 4.74 Å². The van der Waals surface area contributed by atoms with Crippen LogP contribution in [0, 0.1) is 5.82 Å². The Hall–Kier alpha value is -2.40. The Labute approximate surface area is 121 Å². The Morgan fingerprint density at radius 1 is 1.14 bits per heavy atom. The minimum absolute atomic E-state index is 0.0310. The second-order valence-electron chi connectivity index (χ2n) is 4.39. The largest absolute Gasteiger partial charge is 0.491 e. The van der Waals surface area contributed by atoms with Crippen LogP contribution in [0.3, 0.4) is 0 Å². The Balaban J connectivity index is 1.93. The molecule has 0 heterocycles. The fourth-order valence-electron chi connectivity index (χ4n) is 1.76. The number of benzene rings is 2. The van der Waals surface area contributed by atoms with E-state index in [4.69, 9.17) is 4.74 Å². The van der Waals surface area contributed by atoms with Crippen LogP contribution in [0.5, 0.6) is 5.75 Å². The Morgan fingerprint density at radius 2 is 1.76 bits per heavy atom. The summed E-state index contributed by atoms with van der Waals surface area (Å²) < 4.78 is 22.8. The van der Waals surface area contributed by atoms with E-state index in [-0.39, 0.29) is 12.4 Å². The molecule has 0 aliphatic carbocycles. The van der Waals surface area contributed by atoms with Gasteiger partial charge in [0.15, 0.2) is 0 Å². The molecule has 0 radical (unpaired) electrons. The lowest BCUT2D eigenvalue weighted by Gasteiger charge is -2.13. The smallest absolute Gasteiger partial charge is 0.337 e. The first-order valence-electron chi connectivity index (χ1n) is 6.35. The maximum absolute atomic E-state index is 12.8. The van der Waals surface area contributed by atoms with Crippen molar-refractivity contribution < 1.29 is 23.8 Å². The van der Waals surface area contributed by atoms with E-state index in [0.717, 1.165) is 0 Å². The molecule has 4 nitrogen and oxygen atoms in total. The highest BCUT2D eigenvalue weighted by molar-refractivity contribution is 5.89. The molecule has 2 rings (SSSR count). The van der Waals surface area contributed by atoms with E-state index < -0.39 is 12.1 Å². The third kappa shape index (κ3) is 4.03. The normalized spacial score (nSPS) is 11.8. The molecule has 0 aliphatic heterocycles. The number of esters is 1. The van der Waals surface area contributed by atoms with E-state index in [1.54, 1.807) is 24.3 Å². The molecule has 0 aliphatic rings. The van der Waals surface area contributed by atoms with Crippen LogP contribution in [0.15, 0.2) is 48.5 Å². The molecule has 0 saturated heterocycles. The zero-order valence-electron chi connectivity index (χ0n) is 11.5. The fourth-order valence-corrected chi connectivity index (χ4v) is 1.76. The number of halogens is 1. The summed E-state index contributed by atoms with van der Waals surface area (Å²) in [6.45, 7) is 0.0310. The zero-order chi connectivity index (χ0) is 15.2. The summed E-state index contributed by atoms with van der Waals surface area (Å²) in [5.41, 5.74) is 0.992. The SMILES string of the molecule is COC(=O)c1ccc(OCC(O)c2ccc(F)cc2)cc1. The number of hydrogen-bond donors (Lipinski definition) is 1. The standard InChI is InChI=1S/C16H15FO4/c1-20-16(19)12-4-8-14(9-5-12)21-10-15(18)11-2-6-13(17)7-3-11/h2-9,15,18H,10H2,1H3. The number of ether oxygens (including phenoxy) is 2. The highest BCUT2D eigenvalue weighted by atomic mass is 19.1. The maximum Gasteiger partial charge on any atom is 0.337 e. The number of methoxy groups -OCH3 is 1. The van der Waals surface area contributed by atoms with Crippen LogP contribution in [-0.4, -0.2) is 24.8 Å². The average Bonchev–Trinajstić information content (AvgIpc) is 2.53. The van der Waals surface area contributed by atoms with E-state index in [0.29, 0.717) is 16.9 Å². The molecular formula is C16H15FO4. The second-order valence-corrected chi connectivity index (χ2v) is 4.39. The molecule has 110 valence electrons. The monoisotopic (exact) mass is 290 g/mol. The zero-order valence-corrected chi connectivity index (χ0v) is 11.5. The van der Waals surface area contributed by atoms with Gasteiger partial charge in [0.1, 0.15) is 24.3 Å². The van der Waals surface area contributed by atoms with Gasteiger partial charge in [-0.15, -0.1) is 0 Å². The average molecular weight is 290 g/mol. The number of aliphatic hydroxyl groups is 1. The van der Waals surface area contributed by atoms with Crippen molar-refractivity contribution >= 4 is 5.97 Å². The van der Waals surface area contributed by atoms with Gasteiger partial charge in [0.2, 0.25) is 0 Å². The molecule has 1 N–H and O–H groups in total. The van der Waals surface area contributed by atoms with Crippen LogP contribution < -0.4 is 4.74 Å². The lowest BCUT2D eigenvalue weighted by Crippen LogP contribution is -2.10. The van der Waals surface area contributed by atoms with Crippen molar-refractivity contribution in [3.63, 3.8) is 0 Å². The van der Waals surface area contributed by atoms with Crippen molar-refractivity contribution in [2.75, 3.05) is 13.7 Å². The molecular weight excluding hydrogens is 275 g/mol. The van der Waals surface area contributed by atoms with Crippen LogP contribution in [0.1, 0.15) is 22.0 Å². The van der Waals surface area contributed by atoms with Crippen molar-refractivity contribution in [3.8, 4) is 5.75 Å². The molecule has 0 spiro atoms. The van der Waals surface area contributed by atoms with E-state index in [1.807, 2.05) is 0 Å². The highest BCUT2D eigenvalue weighted by Crippen LogP contribution is 2.17. The Kier molecular flexibility index (Phi) is 4.90. The highest BCUT2D eigenvalue weighted by Gasteiger charge is 2.09. The molecule has 5 heteroatoms. The lowest BCUT2D eigenvalue weighted by atomic mass is 10.1. The summed E-state index contributed by atoms with van der Waals surface area (Å²) >= 11 is 0. The van der Waals surface area contributed by atoms with Gasteiger partial charge in [0, 0.05) is 0 Å². The molecule has 0 amide bonds. The summed E-state index contributed by atoms with van der Waals surface area (Å²) in [5.74, 6) is -0.262. The third-order valence-corrected chi connectivity index (χ3v) is 2.94. The molecule has 21 heavy (non-hydrogen) atoms. The first-order chi connectivity index (χ1) is 10.1. The molecule has 0 aromatic heterocycles. The van der Waals surface area contributed by atoms with Gasteiger partial charge in [-0.1, -0.05) is 12.1 Å². The van der Waals surface area contributed by atoms with Crippen molar-refractivity contribution in [1.82, 2.24) is 0 Å². The topological polar surface area (TPSA) is 55.8 Å². The predicted molar refractivity (Wildman–Crippen MR) is 74.6 cm³/mol. The summed E-state index contributed by atoms with van der Waals surface area (Å²) in [6.07, 6.45) is -0.856. The maximum atomic E-state index is 12.8. The Bertz CT molecular complexity index is 593. The first-order valence-corrected chi connectivity index (χ1v) is 6.35. The van der Waals surface area contributed by atoms with Gasteiger partial charge in [-0.25, -0.2) is 9.18 Å². The van der Waals surface area contributed by atoms with E-state index >= 15 is 0 Å². The van der Waals surface area contributed by atoms with Crippen LogP contribution >= 0.6 is 0 Å². The summed E-state index contributed by atoms with van der Waals surface area (Å²) in [6, 6.07) is 11.9. The summed E-state index contributed by atoms with van der Waals surface area (Å²) in [5, 5.41) is 9.93. The number of aliphatic hydroxyl groups excluding tert-OH is 1. The molecule has 1 atom stereocenters. The number of carbonyl (C=O) groups excluding carboxylic acids is 1. The van der Waals surface area contributed by atoms with Crippen molar-refractivity contribution in [2.45, 2.75) is 6.10 Å². The number of hydrogen-bond acceptors (Lipinski definition) is 4. The molecule has 0 saturated carbocycles. The van der Waals surface area contributed by atoms with Gasteiger partial charge in [0.25, 0.3) is 0 Å². The van der Waals surface area contributed by atoms with Gasteiger partial charge in [-0.3, -0.25) is 0 Å². The van der Waals surface area contributed by atoms with Gasteiger partial charge in [-0.2, -0.15) is 0 Å². The molecule has 0 bridgehead atoms. The predicted octanol–water partition coefficient (Wildman–Crippen LogP) is 2.72. The molecule has 0 fully saturated rings.